The summed E-state index contributed by atoms with van der Waals surface area (Å²) in [7, 11) is 0. The highest BCUT2D eigenvalue weighted by Gasteiger charge is 2.46. The molecule has 1 aliphatic heterocycles. The quantitative estimate of drug-likeness (QED) is 0.422. The lowest BCUT2D eigenvalue weighted by molar-refractivity contribution is -0.137. The van der Waals surface area contributed by atoms with E-state index in [1.807, 2.05) is 6.07 Å². The van der Waals surface area contributed by atoms with Gasteiger partial charge in [-0.05, 0) is 42.9 Å². The van der Waals surface area contributed by atoms with Crippen molar-refractivity contribution in [2.24, 2.45) is 11.8 Å². The van der Waals surface area contributed by atoms with Gasteiger partial charge in [0.05, 0.1) is 22.4 Å². The second-order valence-electron chi connectivity index (χ2n) is 9.31. The summed E-state index contributed by atoms with van der Waals surface area (Å²) in [5.41, 5.74) is -2.48. The van der Waals surface area contributed by atoms with E-state index in [4.69, 9.17) is 4.52 Å². The average molecular weight is 517 g/mol. The molecule has 37 heavy (non-hydrogen) atoms. The summed E-state index contributed by atoms with van der Waals surface area (Å²) in [5.74, 6) is 0.426. The van der Waals surface area contributed by atoms with Crippen molar-refractivity contribution in [1.82, 2.24) is 20.0 Å². The maximum absolute atomic E-state index is 14.1. The van der Waals surface area contributed by atoms with Crippen LogP contribution in [-0.4, -0.2) is 39.0 Å². The molecule has 0 N–H and O–H groups in total. The lowest BCUT2D eigenvalue weighted by Gasteiger charge is -2.36. The zero-order chi connectivity index (χ0) is 26.5. The SMILES string of the molecule is Cc1nc([C@@H]2[C@@H]3CC[C@H]2CN(C(=O)c2cc(C#N)c(-c4ccc(C(F)(F)F)cc4)nc2C(F)F)C3)no1. The minimum Gasteiger partial charge on any atom is -0.340 e. The molecule has 1 aliphatic carbocycles. The Labute approximate surface area is 207 Å². The van der Waals surface area contributed by atoms with Gasteiger partial charge >= 0.3 is 6.18 Å². The number of alkyl halides is 5. The molecule has 12 heteroatoms. The number of piperidine rings is 1. The molecule has 2 fully saturated rings. The first kappa shape index (κ1) is 24.8. The number of pyridine rings is 1. The number of carbonyl (C=O) groups is 1. The van der Waals surface area contributed by atoms with Gasteiger partial charge in [0.1, 0.15) is 11.8 Å². The summed E-state index contributed by atoms with van der Waals surface area (Å²) in [6, 6.07) is 6.58. The number of fused-ring (bicyclic) bond motifs is 2. The van der Waals surface area contributed by atoms with Crippen LogP contribution in [0.1, 0.15) is 64.1 Å². The van der Waals surface area contributed by atoms with Gasteiger partial charge in [-0.15, -0.1) is 0 Å². The number of amides is 1. The molecule has 1 saturated heterocycles. The van der Waals surface area contributed by atoms with Crippen molar-refractivity contribution in [3.8, 4) is 17.3 Å². The molecule has 0 unspecified atom stereocenters. The first-order valence-corrected chi connectivity index (χ1v) is 11.6. The smallest absolute Gasteiger partial charge is 0.340 e. The highest BCUT2D eigenvalue weighted by Crippen LogP contribution is 2.47. The fourth-order valence-corrected chi connectivity index (χ4v) is 5.42. The van der Waals surface area contributed by atoms with Gasteiger partial charge in [0.2, 0.25) is 5.89 Å². The van der Waals surface area contributed by atoms with Crippen LogP contribution in [0.25, 0.3) is 11.3 Å². The van der Waals surface area contributed by atoms with Crippen LogP contribution in [0.5, 0.6) is 0 Å². The Bertz CT molecular complexity index is 1370. The van der Waals surface area contributed by atoms with Gasteiger partial charge in [0.15, 0.2) is 5.82 Å². The predicted molar refractivity (Wildman–Crippen MR) is 118 cm³/mol. The van der Waals surface area contributed by atoms with Gasteiger partial charge in [0, 0.05) is 31.5 Å². The zero-order valence-corrected chi connectivity index (χ0v) is 19.5. The molecular formula is C25H20F5N5O2. The first-order valence-electron chi connectivity index (χ1n) is 11.6. The number of likely N-dealkylation sites (tertiary alicyclic amines) is 1. The molecular weight excluding hydrogens is 497 g/mol. The van der Waals surface area contributed by atoms with Crippen LogP contribution in [0.2, 0.25) is 0 Å². The molecule has 1 amide bonds. The minimum atomic E-state index is -4.58. The third-order valence-electron chi connectivity index (χ3n) is 7.06. The molecule has 1 saturated carbocycles. The van der Waals surface area contributed by atoms with Crippen molar-refractivity contribution >= 4 is 5.91 Å². The van der Waals surface area contributed by atoms with Gasteiger partial charge in [-0.3, -0.25) is 4.79 Å². The molecule has 2 aromatic heterocycles. The maximum atomic E-state index is 14.1. The van der Waals surface area contributed by atoms with E-state index in [1.54, 1.807) is 6.92 Å². The number of aryl methyl sites for hydroxylation is 1. The number of hydrogen-bond acceptors (Lipinski definition) is 6. The average Bonchev–Trinajstić information content (AvgIpc) is 3.40. The van der Waals surface area contributed by atoms with E-state index in [0.29, 0.717) is 24.8 Å². The fourth-order valence-electron chi connectivity index (χ4n) is 5.42. The van der Waals surface area contributed by atoms with E-state index in [0.717, 1.165) is 43.2 Å². The molecule has 0 spiro atoms. The van der Waals surface area contributed by atoms with Gasteiger partial charge in [0.25, 0.3) is 12.3 Å². The Hall–Kier alpha value is -3.88. The molecule has 1 aromatic carbocycles. The monoisotopic (exact) mass is 517 g/mol. The molecule has 0 radical (unpaired) electrons. The zero-order valence-electron chi connectivity index (χ0n) is 19.5. The lowest BCUT2D eigenvalue weighted by Crippen LogP contribution is -2.44. The number of nitrogens with zero attached hydrogens (tertiary/aromatic N) is 5. The van der Waals surface area contributed by atoms with Gasteiger partial charge < -0.3 is 9.42 Å². The van der Waals surface area contributed by atoms with E-state index in [2.05, 4.69) is 15.1 Å². The number of carbonyl (C=O) groups excluding carboxylic acids is 1. The van der Waals surface area contributed by atoms with Gasteiger partial charge in [-0.2, -0.15) is 23.4 Å². The van der Waals surface area contributed by atoms with E-state index < -0.39 is 35.3 Å². The third-order valence-corrected chi connectivity index (χ3v) is 7.06. The second kappa shape index (κ2) is 9.21. The van der Waals surface area contributed by atoms with Crippen LogP contribution in [-0.2, 0) is 6.18 Å². The number of benzene rings is 1. The number of nitriles is 1. The van der Waals surface area contributed by atoms with Crippen LogP contribution in [0.3, 0.4) is 0 Å². The Balaban J connectivity index is 1.46. The van der Waals surface area contributed by atoms with Crippen molar-refractivity contribution in [2.75, 3.05) is 13.1 Å². The van der Waals surface area contributed by atoms with E-state index in [1.165, 1.54) is 4.90 Å². The minimum absolute atomic E-state index is 0.00547. The van der Waals surface area contributed by atoms with Crippen LogP contribution in [0.15, 0.2) is 34.9 Å². The third kappa shape index (κ3) is 4.54. The molecule has 3 aromatic rings. The van der Waals surface area contributed by atoms with Crippen LogP contribution < -0.4 is 0 Å². The number of hydrogen-bond donors (Lipinski definition) is 0. The number of aromatic nitrogens is 3. The summed E-state index contributed by atoms with van der Waals surface area (Å²) in [6.07, 6.45) is -6.08. The molecule has 7 nitrogen and oxygen atoms in total. The summed E-state index contributed by atoms with van der Waals surface area (Å²) >= 11 is 0. The summed E-state index contributed by atoms with van der Waals surface area (Å²) in [6.45, 7) is 2.30. The number of rotatable bonds is 4. The predicted octanol–water partition coefficient (Wildman–Crippen LogP) is 5.53. The topological polar surface area (TPSA) is 95.9 Å². The molecule has 3 heterocycles. The Morgan fingerprint density at radius 1 is 1.14 bits per heavy atom. The van der Waals surface area contributed by atoms with Crippen LogP contribution in [0, 0.1) is 30.1 Å². The first-order chi connectivity index (χ1) is 17.6. The molecule has 192 valence electrons. The van der Waals surface area contributed by atoms with Crippen molar-refractivity contribution in [2.45, 2.75) is 38.3 Å². The molecule has 2 bridgehead atoms. The van der Waals surface area contributed by atoms with Crippen LogP contribution >= 0.6 is 0 Å². The van der Waals surface area contributed by atoms with E-state index in [9.17, 15) is 32.0 Å². The standard InChI is InChI=1S/C25H20F5N5O2/c1-12-32-23(34-37-12)19-14-2-3-15(19)11-35(10-14)24(36)18-8-16(9-31)20(33-21(18)22(26)27)13-4-6-17(7-5-13)25(28,29)30/h4-8,14-15,19,22H,2-3,10-11H2,1H3/t14-,15+,19-. The summed E-state index contributed by atoms with van der Waals surface area (Å²) in [4.78, 5) is 23.2. The van der Waals surface area contributed by atoms with E-state index >= 15 is 0 Å². The summed E-state index contributed by atoms with van der Waals surface area (Å²) < 4.78 is 72.0. The van der Waals surface area contributed by atoms with Crippen molar-refractivity contribution in [3.63, 3.8) is 0 Å². The Kier molecular flexibility index (Phi) is 6.17. The van der Waals surface area contributed by atoms with E-state index in [-0.39, 0.29) is 34.6 Å². The van der Waals surface area contributed by atoms with Crippen LogP contribution in [0.4, 0.5) is 22.0 Å². The second-order valence-corrected chi connectivity index (χ2v) is 9.31. The lowest BCUT2D eigenvalue weighted by atomic mass is 9.84. The van der Waals surface area contributed by atoms with Gasteiger partial charge in [-0.25, -0.2) is 13.8 Å². The largest absolute Gasteiger partial charge is 0.416 e. The van der Waals surface area contributed by atoms with Crippen molar-refractivity contribution < 1.29 is 31.3 Å². The molecule has 2 aliphatic rings. The maximum Gasteiger partial charge on any atom is 0.416 e. The summed E-state index contributed by atoms with van der Waals surface area (Å²) in [5, 5.41) is 13.7. The highest BCUT2D eigenvalue weighted by molar-refractivity contribution is 5.96. The highest BCUT2D eigenvalue weighted by atomic mass is 19.4. The molecule has 5 rings (SSSR count). The Morgan fingerprint density at radius 3 is 2.30 bits per heavy atom. The fraction of sp³-hybridized carbons (Fsp3) is 0.400. The van der Waals surface area contributed by atoms with Gasteiger partial charge in [-0.1, -0.05) is 17.3 Å². The normalized spacial score (nSPS) is 21.4. The van der Waals surface area contributed by atoms with Crippen molar-refractivity contribution in [1.29, 1.82) is 5.26 Å². The Morgan fingerprint density at radius 2 is 1.78 bits per heavy atom. The molecule has 3 atom stereocenters. The van der Waals surface area contributed by atoms with Crippen molar-refractivity contribution in [3.05, 3.63) is 64.4 Å². The number of halogens is 5.